The highest BCUT2D eigenvalue weighted by Gasteiger charge is 2.46. The summed E-state index contributed by atoms with van der Waals surface area (Å²) in [6.07, 6.45) is -3.39. The Hall–Kier alpha value is -10.9. The molecule has 2 aliphatic heterocycles. The summed E-state index contributed by atoms with van der Waals surface area (Å²) in [5.41, 5.74) is 21.1. The molecule has 0 N–H and O–H groups in total. The number of para-hydroxylation sites is 2. The minimum absolute atomic E-state index is 0.138. The standard InChI is InChI=1S/C117H129BN4/c1-109(2,3)70-73-56-106-108-107(57-73)122(103-69-91(75-37-33-41-81(59-75)113(13,14)15)79(72-111(7,8)9)63-93(103)77-39-35-43-83(61-77)115(19,20)21)105-67-87(120-99-47-31-29-45-89(99)95-65-85(117(25,26)27)49-55-101(95)120)51-53-97(105)118(108)96-52-50-86(119-98-46-30-28-44-88(98)94-64-84(116(22,23)24)48-54-100(94)119)66-104(96)121(106)102-68-90(74-36-32-40-80(58-74)112(10,11)12)78(71-110(4,5)6)62-92(102)76-38-34-42-82(60-76)114(16,17)18/h28-69H,70-72H2,1-27H3/i28D,29D,30D,31D,44D,45D,46D,47D,71D2,72D2. The van der Waals surface area contributed by atoms with Crippen LogP contribution in [0, 0.1) is 16.2 Å². The first-order chi connectivity index (χ1) is 62.0. The fourth-order valence-corrected chi connectivity index (χ4v) is 18.6. The van der Waals surface area contributed by atoms with Crippen LogP contribution in [0.4, 0.5) is 34.1 Å². The van der Waals surface area contributed by atoms with Crippen LogP contribution in [-0.2, 0) is 51.7 Å². The molecule has 4 nitrogen and oxygen atoms in total. The Kier molecular flexibility index (Phi) is 16.8. The summed E-state index contributed by atoms with van der Waals surface area (Å²) in [5, 5.41) is 2.18. The Bertz CT molecular complexity index is 6980. The zero-order valence-electron chi connectivity index (χ0n) is 89.2. The van der Waals surface area contributed by atoms with Crippen molar-refractivity contribution < 1.29 is 16.4 Å². The molecule has 13 aromatic carbocycles. The molecule has 0 fully saturated rings. The largest absolute Gasteiger partial charge is 0.311 e. The number of anilines is 6. The first-order valence-corrected chi connectivity index (χ1v) is 44.0. The lowest BCUT2D eigenvalue weighted by atomic mass is 9.33. The molecule has 122 heavy (non-hydrogen) atoms. The molecule has 0 spiro atoms. The van der Waals surface area contributed by atoms with E-state index in [0.29, 0.717) is 83.7 Å². The van der Waals surface area contributed by atoms with Gasteiger partial charge in [-0.25, -0.2) is 0 Å². The van der Waals surface area contributed by atoms with E-state index in [9.17, 15) is 16.4 Å². The van der Waals surface area contributed by atoms with Crippen LogP contribution in [0.5, 0.6) is 0 Å². The van der Waals surface area contributed by atoms with E-state index in [1.165, 1.54) is 0 Å². The molecule has 0 atom stereocenters. The molecule has 17 rings (SSSR count). The van der Waals surface area contributed by atoms with Gasteiger partial charge in [0.25, 0.3) is 6.71 Å². The number of hydrogen-bond acceptors (Lipinski definition) is 2. The van der Waals surface area contributed by atoms with Crippen molar-refractivity contribution in [2.24, 2.45) is 16.2 Å². The molecular weight excluding hydrogens is 1470 g/mol. The SMILES string of the molecule is [2H]c1c([2H])c([2H])c2c(c1[2H])c1cc(C(C)(C)C)ccc1n2-c1ccc2c(c1)N(c1cc(-c3cccc(C(C)(C)C)c3)c(C([2H])([2H])C(C)(C)C)cc1-c1cccc(C(C)(C)C)c1)c1cc(CC(C)(C)C)cc3c1B2c1ccc(-n2c4ccc(C(C)(C)C)cc4c4c([2H])c([2H])c([2H])c([2H])c42)cc1N3c1cc(-c2cccc(C(C)(C)C)c2)c(C([2H])([2H])C(C)(C)C)cc1-c1cccc(C(C)(C)C)c1. The molecular formula is C117H129BN4. The van der Waals surface area contributed by atoms with Gasteiger partial charge in [-0.3, -0.25) is 0 Å². The molecule has 0 saturated carbocycles. The molecule has 2 aliphatic rings. The molecule has 15 aromatic rings. The van der Waals surface area contributed by atoms with Gasteiger partial charge in [-0.05, 0) is 265 Å². The number of fused-ring (bicyclic) bond motifs is 10. The van der Waals surface area contributed by atoms with Crippen molar-refractivity contribution in [3.05, 3.63) is 305 Å². The van der Waals surface area contributed by atoms with Crippen molar-refractivity contribution in [3.8, 4) is 55.9 Å². The lowest BCUT2D eigenvalue weighted by Crippen LogP contribution is -2.61. The minimum Gasteiger partial charge on any atom is -0.311 e. The Morgan fingerprint density at radius 3 is 0.934 bits per heavy atom. The molecule has 0 unspecified atom stereocenters. The lowest BCUT2D eigenvalue weighted by Gasteiger charge is -2.46. The first kappa shape index (κ1) is 69.6. The van der Waals surface area contributed by atoms with Crippen molar-refractivity contribution >= 4 is 101 Å². The smallest absolute Gasteiger partial charge is 0.252 e. The second kappa shape index (κ2) is 29.4. The van der Waals surface area contributed by atoms with Gasteiger partial charge in [0.1, 0.15) is 0 Å². The van der Waals surface area contributed by atoms with Crippen molar-refractivity contribution in [3.63, 3.8) is 0 Å². The molecule has 620 valence electrons. The van der Waals surface area contributed by atoms with Gasteiger partial charge in [0.05, 0.1) is 44.4 Å². The zero-order chi connectivity index (χ0) is 97.5. The summed E-state index contributed by atoms with van der Waals surface area (Å²) < 4.78 is 125. The van der Waals surface area contributed by atoms with Crippen LogP contribution in [0.15, 0.2) is 255 Å². The minimum atomic E-state index is -1.97. The fraction of sp³-hybridized carbons (Fsp3) is 0.333. The van der Waals surface area contributed by atoms with E-state index in [0.717, 1.165) is 123 Å². The van der Waals surface area contributed by atoms with Crippen LogP contribution >= 0.6 is 0 Å². The van der Waals surface area contributed by atoms with Crippen LogP contribution in [0.25, 0.3) is 99.5 Å². The number of benzene rings is 13. The quantitative estimate of drug-likeness (QED) is 0.120. The van der Waals surface area contributed by atoms with Gasteiger partial charge >= 0.3 is 0 Å². The number of nitrogens with zero attached hydrogens (tertiary/aromatic N) is 4. The van der Waals surface area contributed by atoms with E-state index >= 15 is 0 Å². The Morgan fingerprint density at radius 1 is 0.279 bits per heavy atom. The van der Waals surface area contributed by atoms with Gasteiger partial charge < -0.3 is 18.9 Å². The van der Waals surface area contributed by atoms with Crippen LogP contribution in [0.2, 0.25) is 0 Å². The number of aromatic nitrogens is 2. The maximum Gasteiger partial charge on any atom is 0.252 e. The van der Waals surface area contributed by atoms with Crippen LogP contribution in [0.1, 0.15) is 253 Å². The van der Waals surface area contributed by atoms with Crippen molar-refractivity contribution in [1.29, 1.82) is 0 Å². The molecule has 4 heterocycles. The summed E-state index contributed by atoms with van der Waals surface area (Å²) in [7, 11) is 0. The van der Waals surface area contributed by atoms with E-state index in [4.69, 9.17) is 0 Å². The predicted octanol–water partition coefficient (Wildman–Crippen LogP) is 31.2. The van der Waals surface area contributed by atoms with Gasteiger partial charge in [0, 0.05) is 72.3 Å². The molecule has 0 amide bonds. The highest BCUT2D eigenvalue weighted by Crippen LogP contribution is 2.55. The third-order valence-corrected chi connectivity index (χ3v) is 24.8. The Balaban J connectivity index is 1.13. The van der Waals surface area contributed by atoms with E-state index in [-0.39, 0.29) is 86.2 Å². The topological polar surface area (TPSA) is 16.3 Å². The van der Waals surface area contributed by atoms with Crippen molar-refractivity contribution in [2.75, 3.05) is 9.80 Å². The molecule has 0 saturated heterocycles. The zero-order valence-corrected chi connectivity index (χ0v) is 77.2. The van der Waals surface area contributed by atoms with Gasteiger partial charge in [-0.2, -0.15) is 0 Å². The van der Waals surface area contributed by atoms with Gasteiger partial charge in [-0.15, -0.1) is 0 Å². The normalized spacial score (nSPS) is 15.4. The predicted molar refractivity (Wildman–Crippen MR) is 533 cm³/mol. The average Bonchev–Trinajstić information content (AvgIpc) is 0.854. The second-order valence-electron chi connectivity index (χ2n) is 44.4. The Morgan fingerprint density at radius 2 is 0.607 bits per heavy atom. The highest BCUT2D eigenvalue weighted by molar-refractivity contribution is 7.00. The molecule has 0 bridgehead atoms. The average molecular weight is 1610 g/mol. The van der Waals surface area contributed by atoms with Crippen LogP contribution in [-0.4, -0.2) is 15.8 Å². The monoisotopic (exact) mass is 1610 g/mol. The maximum absolute atomic E-state index is 10.8. The molecule has 2 aromatic heterocycles. The van der Waals surface area contributed by atoms with Gasteiger partial charge in [0.2, 0.25) is 0 Å². The fourth-order valence-electron chi connectivity index (χ4n) is 18.6. The summed E-state index contributed by atoms with van der Waals surface area (Å²) in [6, 6.07) is 72.0. The maximum atomic E-state index is 10.8. The molecule has 0 aliphatic carbocycles. The summed E-state index contributed by atoms with van der Waals surface area (Å²) >= 11 is 0. The third-order valence-electron chi connectivity index (χ3n) is 24.8. The number of rotatable bonds is 11. The van der Waals surface area contributed by atoms with Crippen LogP contribution < -0.4 is 26.2 Å². The van der Waals surface area contributed by atoms with E-state index in [1.807, 2.05) is 50.7 Å². The van der Waals surface area contributed by atoms with Crippen molar-refractivity contribution in [2.45, 2.75) is 239 Å². The highest BCUT2D eigenvalue weighted by atomic mass is 15.2. The van der Waals surface area contributed by atoms with Crippen molar-refractivity contribution in [1.82, 2.24) is 9.13 Å². The van der Waals surface area contributed by atoms with Crippen LogP contribution in [0.3, 0.4) is 0 Å². The Labute approximate surface area is 747 Å². The molecule has 0 radical (unpaired) electrons. The lowest BCUT2D eigenvalue weighted by molar-refractivity contribution is 0.411. The third kappa shape index (κ3) is 15.6. The summed E-state index contributed by atoms with van der Waals surface area (Å²) in [5.74, 6) is 0. The van der Waals surface area contributed by atoms with E-state index in [2.05, 4.69) is 361 Å². The van der Waals surface area contributed by atoms with E-state index in [1.54, 1.807) is 0 Å². The number of hydrogen-bond donors (Lipinski definition) is 0. The molecule has 5 heteroatoms. The van der Waals surface area contributed by atoms with Gasteiger partial charge in [-0.1, -0.05) is 345 Å². The summed E-state index contributed by atoms with van der Waals surface area (Å²) in [6.45, 7) is 57.6. The first-order valence-electron chi connectivity index (χ1n) is 50.0. The van der Waals surface area contributed by atoms with E-state index < -0.39 is 30.3 Å². The second-order valence-corrected chi connectivity index (χ2v) is 44.4. The van der Waals surface area contributed by atoms with Gasteiger partial charge in [0.15, 0.2) is 0 Å². The summed E-state index contributed by atoms with van der Waals surface area (Å²) in [4.78, 5) is 4.89.